The fraction of sp³-hybridized carbons (Fsp3) is 0.611. The van der Waals surface area contributed by atoms with E-state index in [9.17, 15) is 4.79 Å². The standard InChI is InChI=1S/C18H28OS/c1-14-8-10-15(11-9-14)16(19)17(18(2,3)4)20(5)12-6-7-13-20/h8-11,17H,6-7,12-13H2,1-5H3. The predicted molar refractivity (Wildman–Crippen MR) is 91.2 cm³/mol. The van der Waals surface area contributed by atoms with E-state index in [4.69, 9.17) is 0 Å². The number of carbonyl (C=O) groups is 1. The van der Waals surface area contributed by atoms with Gasteiger partial charge >= 0.3 is 0 Å². The molecule has 1 aromatic carbocycles. The lowest BCUT2D eigenvalue weighted by Crippen LogP contribution is -2.39. The van der Waals surface area contributed by atoms with Gasteiger partial charge < -0.3 is 0 Å². The molecule has 1 aliphatic heterocycles. The zero-order valence-corrected chi connectivity index (χ0v) is 14.3. The first-order valence-corrected chi connectivity index (χ1v) is 10.0. The lowest BCUT2D eigenvalue weighted by atomic mass is 9.87. The Hall–Kier alpha value is -0.760. The fourth-order valence-electron chi connectivity index (χ4n) is 3.58. The maximum absolute atomic E-state index is 13.1. The number of aryl methyl sites for hydroxylation is 1. The minimum absolute atomic E-state index is 0.0520. The molecule has 0 saturated carbocycles. The SMILES string of the molecule is Cc1ccc(C(=O)C(C(C)(C)C)S2(C)CCCC2)cc1. The van der Waals surface area contributed by atoms with E-state index in [1.807, 2.05) is 12.1 Å². The van der Waals surface area contributed by atoms with Gasteiger partial charge in [-0.05, 0) is 42.9 Å². The van der Waals surface area contributed by atoms with Crippen molar-refractivity contribution < 1.29 is 4.79 Å². The highest BCUT2D eigenvalue weighted by Crippen LogP contribution is 2.60. The molecule has 1 aromatic rings. The molecule has 0 aromatic heterocycles. The summed E-state index contributed by atoms with van der Waals surface area (Å²) in [7, 11) is -0.809. The average molecular weight is 292 g/mol. The Morgan fingerprint density at radius 1 is 1.10 bits per heavy atom. The van der Waals surface area contributed by atoms with Crippen LogP contribution in [0, 0.1) is 12.3 Å². The maximum atomic E-state index is 13.1. The van der Waals surface area contributed by atoms with Crippen molar-refractivity contribution in [1.29, 1.82) is 0 Å². The second kappa shape index (κ2) is 5.55. The van der Waals surface area contributed by atoms with Gasteiger partial charge in [-0.3, -0.25) is 4.79 Å². The smallest absolute Gasteiger partial charge is 0.174 e. The number of carbonyl (C=O) groups excluding carboxylic acids is 1. The van der Waals surface area contributed by atoms with E-state index in [2.05, 4.69) is 46.1 Å². The zero-order valence-electron chi connectivity index (χ0n) is 13.5. The summed E-state index contributed by atoms with van der Waals surface area (Å²) < 4.78 is 0. The third-order valence-corrected chi connectivity index (χ3v) is 8.90. The molecule has 112 valence electrons. The topological polar surface area (TPSA) is 17.1 Å². The molecule has 0 amide bonds. The maximum Gasteiger partial charge on any atom is 0.174 e. The Morgan fingerprint density at radius 2 is 1.60 bits per heavy atom. The van der Waals surface area contributed by atoms with Crippen LogP contribution in [-0.4, -0.2) is 28.8 Å². The molecule has 1 aliphatic rings. The lowest BCUT2D eigenvalue weighted by molar-refractivity contribution is 0.0948. The molecule has 1 saturated heterocycles. The average Bonchev–Trinajstić information content (AvgIpc) is 2.75. The van der Waals surface area contributed by atoms with Gasteiger partial charge in [-0.1, -0.05) is 50.6 Å². The highest BCUT2D eigenvalue weighted by Gasteiger charge is 2.43. The molecule has 0 radical (unpaired) electrons. The molecule has 0 N–H and O–H groups in total. The molecular weight excluding hydrogens is 264 g/mol. The van der Waals surface area contributed by atoms with E-state index in [0.717, 1.165) is 5.56 Å². The minimum Gasteiger partial charge on any atom is -0.293 e. The van der Waals surface area contributed by atoms with Crippen LogP contribution < -0.4 is 0 Å². The monoisotopic (exact) mass is 292 g/mol. The number of Topliss-reactive ketones (excluding diaryl/α,β-unsaturated/α-hetero) is 1. The van der Waals surface area contributed by atoms with Crippen LogP contribution in [0.15, 0.2) is 24.3 Å². The van der Waals surface area contributed by atoms with Gasteiger partial charge in [0.05, 0.1) is 5.25 Å². The third-order valence-electron chi connectivity index (χ3n) is 4.40. The summed E-state index contributed by atoms with van der Waals surface area (Å²) in [6, 6.07) is 8.13. The Labute approximate surface area is 125 Å². The molecular formula is C18H28OS. The number of ketones is 1. The van der Waals surface area contributed by atoms with E-state index >= 15 is 0 Å². The van der Waals surface area contributed by atoms with Crippen LogP contribution in [0.5, 0.6) is 0 Å². The van der Waals surface area contributed by atoms with E-state index in [-0.39, 0.29) is 10.7 Å². The summed E-state index contributed by atoms with van der Waals surface area (Å²) in [5, 5.41) is 0.195. The summed E-state index contributed by atoms with van der Waals surface area (Å²) >= 11 is 0. The first kappa shape index (κ1) is 15.6. The Kier molecular flexibility index (Phi) is 4.34. The fourth-order valence-corrected chi connectivity index (χ4v) is 8.34. The van der Waals surface area contributed by atoms with E-state index in [1.165, 1.54) is 29.9 Å². The molecule has 0 aliphatic carbocycles. The number of hydrogen-bond donors (Lipinski definition) is 0. The van der Waals surface area contributed by atoms with Gasteiger partial charge in [-0.25, -0.2) is 10.0 Å². The van der Waals surface area contributed by atoms with Gasteiger partial charge in [-0.15, -0.1) is 0 Å². The van der Waals surface area contributed by atoms with Gasteiger partial charge in [0, 0.05) is 5.56 Å². The van der Waals surface area contributed by atoms with E-state index < -0.39 is 10.0 Å². The van der Waals surface area contributed by atoms with Crippen molar-refractivity contribution in [3.05, 3.63) is 35.4 Å². The molecule has 0 spiro atoms. The quantitative estimate of drug-likeness (QED) is 0.730. The first-order valence-electron chi connectivity index (χ1n) is 7.57. The Balaban J connectivity index is 2.37. The van der Waals surface area contributed by atoms with Crippen molar-refractivity contribution in [2.24, 2.45) is 5.41 Å². The molecule has 20 heavy (non-hydrogen) atoms. The van der Waals surface area contributed by atoms with Crippen molar-refractivity contribution in [2.75, 3.05) is 17.8 Å². The normalized spacial score (nSPS) is 21.4. The Bertz CT molecular complexity index is 475. The lowest BCUT2D eigenvalue weighted by Gasteiger charge is -2.46. The first-order chi connectivity index (χ1) is 9.24. The number of rotatable bonds is 3. The van der Waals surface area contributed by atoms with Crippen LogP contribution in [0.2, 0.25) is 0 Å². The van der Waals surface area contributed by atoms with E-state index in [1.54, 1.807) is 0 Å². The summed E-state index contributed by atoms with van der Waals surface area (Å²) in [5.41, 5.74) is 2.17. The van der Waals surface area contributed by atoms with Crippen molar-refractivity contribution in [3.8, 4) is 0 Å². The van der Waals surface area contributed by atoms with Crippen LogP contribution in [0.1, 0.15) is 49.5 Å². The molecule has 0 bridgehead atoms. The van der Waals surface area contributed by atoms with Gasteiger partial charge in [0.15, 0.2) is 5.78 Å². The van der Waals surface area contributed by atoms with Gasteiger partial charge in [0.2, 0.25) is 0 Å². The zero-order chi connectivity index (χ0) is 15.0. The van der Waals surface area contributed by atoms with Crippen molar-refractivity contribution in [1.82, 2.24) is 0 Å². The second-order valence-electron chi connectivity index (χ2n) is 7.44. The van der Waals surface area contributed by atoms with Crippen molar-refractivity contribution in [3.63, 3.8) is 0 Å². The predicted octanol–water partition coefficient (Wildman–Crippen LogP) is 4.82. The highest BCUT2D eigenvalue weighted by atomic mass is 32.3. The van der Waals surface area contributed by atoms with Crippen LogP contribution in [0.4, 0.5) is 0 Å². The Morgan fingerprint density at radius 3 is 2.05 bits per heavy atom. The molecule has 2 rings (SSSR count). The molecule has 1 fully saturated rings. The van der Waals surface area contributed by atoms with Crippen LogP contribution >= 0.6 is 10.0 Å². The summed E-state index contributed by atoms with van der Waals surface area (Å²) in [6.45, 7) is 8.78. The minimum atomic E-state index is -0.809. The highest BCUT2D eigenvalue weighted by molar-refractivity contribution is 8.34. The van der Waals surface area contributed by atoms with Gasteiger partial charge in [0.25, 0.3) is 0 Å². The molecule has 2 heteroatoms. The second-order valence-corrected chi connectivity index (χ2v) is 11.4. The van der Waals surface area contributed by atoms with Crippen molar-refractivity contribution >= 4 is 15.8 Å². The van der Waals surface area contributed by atoms with Crippen LogP contribution in [-0.2, 0) is 0 Å². The molecule has 1 unspecified atom stereocenters. The summed E-state index contributed by atoms with van der Waals surface area (Å²) in [4.78, 5) is 13.1. The molecule has 1 heterocycles. The van der Waals surface area contributed by atoms with Crippen LogP contribution in [0.25, 0.3) is 0 Å². The molecule has 1 nitrogen and oxygen atoms in total. The molecule has 1 atom stereocenters. The largest absolute Gasteiger partial charge is 0.293 e. The number of benzene rings is 1. The number of hydrogen-bond acceptors (Lipinski definition) is 1. The third kappa shape index (κ3) is 3.11. The van der Waals surface area contributed by atoms with Gasteiger partial charge in [-0.2, -0.15) is 0 Å². The van der Waals surface area contributed by atoms with Crippen LogP contribution in [0.3, 0.4) is 0 Å². The van der Waals surface area contributed by atoms with Crippen molar-refractivity contribution in [2.45, 2.75) is 45.8 Å². The van der Waals surface area contributed by atoms with Gasteiger partial charge in [0.1, 0.15) is 0 Å². The summed E-state index contributed by atoms with van der Waals surface area (Å²) in [5.74, 6) is 2.91. The van der Waals surface area contributed by atoms with E-state index in [0.29, 0.717) is 5.78 Å². The summed E-state index contributed by atoms with van der Waals surface area (Å²) in [6.07, 6.45) is 5.02.